The lowest BCUT2D eigenvalue weighted by atomic mass is 10.1. The van der Waals surface area contributed by atoms with Crippen LogP contribution in [0.1, 0.15) is 16.1 Å². The quantitative estimate of drug-likeness (QED) is 0.538. The normalized spacial score (nSPS) is 10.8. The number of rotatable bonds is 4. The number of carbonyl (C=O) groups excluding carboxylic acids is 1. The highest BCUT2D eigenvalue weighted by atomic mass is 19.1. The van der Waals surface area contributed by atoms with Gasteiger partial charge in [0.15, 0.2) is 0 Å². The number of halogens is 2. The Kier molecular flexibility index (Phi) is 5.16. The Morgan fingerprint density at radius 2 is 1.71 bits per heavy atom. The van der Waals surface area contributed by atoms with E-state index in [1.165, 1.54) is 13.1 Å². The Bertz CT molecular complexity index is 1320. The van der Waals surface area contributed by atoms with Crippen LogP contribution in [0, 0.1) is 18.6 Å². The van der Waals surface area contributed by atoms with Crippen LogP contribution >= 0.6 is 0 Å². The van der Waals surface area contributed by atoms with E-state index in [0.717, 1.165) is 22.4 Å². The van der Waals surface area contributed by atoms with Gasteiger partial charge in [0.05, 0.1) is 5.69 Å². The maximum absolute atomic E-state index is 13.8. The molecule has 2 heterocycles. The molecule has 0 aliphatic heterocycles. The first-order valence-electron chi connectivity index (χ1n) is 9.21. The minimum absolute atomic E-state index is 0.176. The van der Waals surface area contributed by atoms with Crippen LogP contribution in [-0.2, 0) is 7.05 Å². The fourth-order valence-electron chi connectivity index (χ4n) is 3.04. The van der Waals surface area contributed by atoms with Crippen molar-refractivity contribution in [3.63, 3.8) is 0 Å². The fraction of sp³-hybridized carbons (Fsp3) is 0.0909. The van der Waals surface area contributed by atoms with Gasteiger partial charge >= 0.3 is 5.76 Å². The second-order valence-electron chi connectivity index (χ2n) is 6.81. The van der Waals surface area contributed by atoms with Crippen molar-refractivity contribution in [2.24, 2.45) is 7.05 Å². The second kappa shape index (κ2) is 7.94. The highest BCUT2D eigenvalue weighted by Gasteiger charge is 2.17. The lowest BCUT2D eigenvalue weighted by molar-refractivity contribution is 0.101. The molecule has 0 saturated heterocycles. The largest absolute Gasteiger partial charge is 0.437 e. The van der Waals surface area contributed by atoms with Crippen molar-refractivity contribution in [1.82, 2.24) is 14.8 Å². The van der Waals surface area contributed by atoms with E-state index in [0.29, 0.717) is 22.6 Å². The summed E-state index contributed by atoms with van der Waals surface area (Å²) >= 11 is 0. The molecule has 0 atom stereocenters. The number of carbonyl (C=O) groups is 1. The van der Waals surface area contributed by atoms with Gasteiger partial charge in [-0.25, -0.2) is 13.6 Å². The first-order chi connectivity index (χ1) is 14.8. The molecule has 0 unspecified atom stereocenters. The zero-order chi connectivity index (χ0) is 22.1. The maximum atomic E-state index is 13.8. The molecule has 1 N–H and O–H groups in total. The number of pyridine rings is 1. The number of hydrogen-bond acceptors (Lipinski definition) is 5. The highest BCUT2D eigenvalue weighted by molar-refractivity contribution is 6.04. The van der Waals surface area contributed by atoms with Gasteiger partial charge in [0.2, 0.25) is 5.89 Å². The Morgan fingerprint density at radius 1 is 1.03 bits per heavy atom. The third-order valence-electron chi connectivity index (χ3n) is 4.52. The number of hydrogen-bond donors (Lipinski definition) is 1. The van der Waals surface area contributed by atoms with Gasteiger partial charge in [0.1, 0.15) is 17.2 Å². The maximum Gasteiger partial charge on any atom is 0.437 e. The lowest BCUT2D eigenvalue weighted by Gasteiger charge is -2.09. The molecule has 7 nitrogen and oxygen atoms in total. The van der Waals surface area contributed by atoms with Crippen LogP contribution < -0.4 is 11.1 Å². The zero-order valence-corrected chi connectivity index (χ0v) is 16.5. The van der Waals surface area contributed by atoms with Crippen LogP contribution in [0.3, 0.4) is 0 Å². The predicted octanol–water partition coefficient (Wildman–Crippen LogP) is 3.94. The molecule has 9 heteroatoms. The molecule has 2 aromatic heterocycles. The molecular weight excluding hydrogens is 406 g/mol. The summed E-state index contributed by atoms with van der Waals surface area (Å²) in [5, 5.41) is 6.52. The van der Waals surface area contributed by atoms with Crippen molar-refractivity contribution < 1.29 is 18.0 Å². The molecule has 0 aliphatic rings. The molecule has 0 radical (unpaired) electrons. The SMILES string of the molecule is Cc1cc(-c2nn(C)c(=O)o2)cc(-c2ccc(NC(=O)c3c(F)cccc3F)cc2)n1. The van der Waals surface area contributed by atoms with E-state index in [-0.39, 0.29) is 5.89 Å². The summed E-state index contributed by atoms with van der Waals surface area (Å²) in [5.41, 5.74) is 2.31. The first-order valence-corrected chi connectivity index (χ1v) is 9.21. The third kappa shape index (κ3) is 4.11. The number of benzene rings is 2. The van der Waals surface area contributed by atoms with Crippen molar-refractivity contribution in [2.75, 3.05) is 5.32 Å². The number of amides is 1. The molecule has 0 bridgehead atoms. The van der Waals surface area contributed by atoms with E-state index in [1.807, 2.05) is 0 Å². The zero-order valence-electron chi connectivity index (χ0n) is 16.5. The minimum atomic E-state index is -0.938. The highest BCUT2D eigenvalue weighted by Crippen LogP contribution is 2.26. The summed E-state index contributed by atoms with van der Waals surface area (Å²) in [6, 6.07) is 13.3. The van der Waals surface area contributed by atoms with Crippen molar-refractivity contribution >= 4 is 11.6 Å². The molecular formula is C22H16F2N4O3. The molecule has 156 valence electrons. The number of nitrogens with zero attached hydrogens (tertiary/aromatic N) is 3. The summed E-state index contributed by atoms with van der Waals surface area (Å²) in [4.78, 5) is 28.3. The Hall–Kier alpha value is -4.14. The van der Waals surface area contributed by atoms with E-state index < -0.39 is 28.9 Å². The monoisotopic (exact) mass is 422 g/mol. The van der Waals surface area contributed by atoms with Crippen LogP contribution in [0.5, 0.6) is 0 Å². The molecule has 0 spiro atoms. The van der Waals surface area contributed by atoms with E-state index in [1.54, 1.807) is 43.3 Å². The van der Waals surface area contributed by atoms with Crippen molar-refractivity contribution in [3.05, 3.63) is 88.0 Å². The number of aromatic nitrogens is 3. The Balaban J connectivity index is 1.60. The average molecular weight is 422 g/mol. The molecule has 4 rings (SSSR count). The van der Waals surface area contributed by atoms with E-state index >= 15 is 0 Å². The van der Waals surface area contributed by atoms with Crippen LogP contribution in [0.4, 0.5) is 14.5 Å². The topological polar surface area (TPSA) is 90.0 Å². The van der Waals surface area contributed by atoms with Crippen molar-refractivity contribution in [3.8, 4) is 22.7 Å². The van der Waals surface area contributed by atoms with Gasteiger partial charge in [-0.15, -0.1) is 5.10 Å². The van der Waals surface area contributed by atoms with Gasteiger partial charge in [-0.2, -0.15) is 4.68 Å². The Morgan fingerprint density at radius 3 is 2.32 bits per heavy atom. The van der Waals surface area contributed by atoms with Gasteiger partial charge < -0.3 is 9.73 Å². The first kappa shape index (κ1) is 20.1. The van der Waals surface area contributed by atoms with E-state index in [4.69, 9.17) is 4.42 Å². The minimum Gasteiger partial charge on any atom is -0.388 e. The molecule has 31 heavy (non-hydrogen) atoms. The summed E-state index contributed by atoms with van der Waals surface area (Å²) < 4.78 is 33.8. The predicted molar refractivity (Wildman–Crippen MR) is 109 cm³/mol. The number of nitrogens with one attached hydrogen (secondary N) is 1. The van der Waals surface area contributed by atoms with Gasteiger partial charge in [-0.05, 0) is 43.3 Å². The van der Waals surface area contributed by atoms with E-state index in [2.05, 4.69) is 15.4 Å². The molecule has 1 amide bonds. The Labute approximate surface area is 175 Å². The van der Waals surface area contributed by atoms with Gasteiger partial charge in [-0.3, -0.25) is 9.78 Å². The molecule has 2 aromatic carbocycles. The molecule has 4 aromatic rings. The fourth-order valence-corrected chi connectivity index (χ4v) is 3.04. The van der Waals surface area contributed by atoms with Crippen LogP contribution in [-0.4, -0.2) is 20.7 Å². The third-order valence-corrected chi connectivity index (χ3v) is 4.52. The molecule has 0 aliphatic carbocycles. The average Bonchev–Trinajstić information content (AvgIpc) is 3.06. The van der Waals surface area contributed by atoms with Gasteiger partial charge in [0.25, 0.3) is 5.91 Å². The summed E-state index contributed by atoms with van der Waals surface area (Å²) in [6.45, 7) is 1.80. The van der Waals surface area contributed by atoms with Crippen LogP contribution in [0.25, 0.3) is 22.7 Å². The summed E-state index contributed by atoms with van der Waals surface area (Å²) in [6.07, 6.45) is 0. The van der Waals surface area contributed by atoms with Gasteiger partial charge in [-0.1, -0.05) is 18.2 Å². The summed E-state index contributed by atoms with van der Waals surface area (Å²) in [7, 11) is 1.49. The van der Waals surface area contributed by atoms with Crippen LogP contribution in [0.2, 0.25) is 0 Å². The number of anilines is 1. The van der Waals surface area contributed by atoms with Crippen molar-refractivity contribution in [2.45, 2.75) is 6.92 Å². The standard InChI is InChI=1S/C22H16F2N4O3/c1-12-10-14(21-27-28(2)22(30)31-21)11-18(25-12)13-6-8-15(9-7-13)26-20(29)19-16(23)4-3-5-17(19)24/h3-11H,1-2H3,(H,26,29). The summed E-state index contributed by atoms with van der Waals surface area (Å²) in [5.74, 6) is -3.16. The van der Waals surface area contributed by atoms with Crippen LogP contribution in [0.15, 0.2) is 63.8 Å². The van der Waals surface area contributed by atoms with Gasteiger partial charge in [0, 0.05) is 29.6 Å². The smallest absolute Gasteiger partial charge is 0.388 e. The molecule has 0 saturated carbocycles. The van der Waals surface area contributed by atoms with E-state index in [9.17, 15) is 18.4 Å². The lowest BCUT2D eigenvalue weighted by Crippen LogP contribution is -2.15. The van der Waals surface area contributed by atoms with Crippen molar-refractivity contribution in [1.29, 1.82) is 0 Å². The number of aryl methyl sites for hydroxylation is 2. The second-order valence-corrected chi connectivity index (χ2v) is 6.81. The molecule has 0 fully saturated rings.